The van der Waals surface area contributed by atoms with Crippen molar-refractivity contribution < 1.29 is 89.4 Å². The highest BCUT2D eigenvalue weighted by Crippen LogP contribution is 2.32. The van der Waals surface area contributed by atoms with Crippen molar-refractivity contribution in [1.29, 1.82) is 0 Å². The van der Waals surface area contributed by atoms with Gasteiger partial charge in [0.2, 0.25) is 5.91 Å². The topological polar surface area (TPSA) is 307 Å². The summed E-state index contributed by atoms with van der Waals surface area (Å²) in [6, 6.07) is -0.876. The van der Waals surface area contributed by atoms with Crippen LogP contribution in [0.4, 0.5) is 0 Å². The van der Waals surface area contributed by atoms with Crippen LogP contribution in [0.15, 0.2) is 0 Å². The van der Waals surface area contributed by atoms with Gasteiger partial charge in [-0.2, -0.15) is 0 Å². The minimum absolute atomic E-state index is 0.321. The van der Waals surface area contributed by atoms with Crippen molar-refractivity contribution in [3.63, 3.8) is 0 Å². The maximum atomic E-state index is 11.8. The molecule has 0 saturated carbocycles. The van der Waals surface area contributed by atoms with Crippen LogP contribution in [0.1, 0.15) is 52.4 Å². The van der Waals surface area contributed by atoms with E-state index in [9.17, 15) is 61.0 Å². The number of hydrogen-bond acceptors (Lipinski definition) is 18. The molecule has 0 aliphatic carbocycles. The summed E-state index contributed by atoms with van der Waals surface area (Å²) in [6.07, 6.45) is -21.2. The fourth-order valence-electron chi connectivity index (χ4n) is 6.05. The number of aliphatic hydroxyl groups is 11. The summed E-state index contributed by atoms with van der Waals surface area (Å²) >= 11 is 0. The average molecular weight is 718 g/mol. The van der Waals surface area contributed by atoms with Crippen LogP contribution in [0.5, 0.6) is 0 Å². The van der Waals surface area contributed by atoms with Gasteiger partial charge in [-0.1, -0.05) is 39.0 Å². The van der Waals surface area contributed by atoms with Crippen LogP contribution >= 0.6 is 0 Å². The van der Waals surface area contributed by atoms with Gasteiger partial charge in [-0.25, -0.2) is 0 Å². The molecule has 3 aliphatic rings. The van der Waals surface area contributed by atoms with Gasteiger partial charge in [0.25, 0.3) is 0 Å². The SMILES string of the molecule is CCCCCCCC(O)C(COC1OC(CO)C(OC2OC(CO)C(OC3OC(CO)C(O)C(O)C3O)C(O)C2O)C(O)C1O)NC(C)=O. The fourth-order valence-corrected chi connectivity index (χ4v) is 6.05. The van der Waals surface area contributed by atoms with E-state index in [4.69, 9.17) is 28.4 Å². The molecule has 0 aromatic carbocycles. The van der Waals surface area contributed by atoms with Crippen molar-refractivity contribution in [1.82, 2.24) is 5.32 Å². The summed E-state index contributed by atoms with van der Waals surface area (Å²) in [4.78, 5) is 11.8. The Hall–Kier alpha value is -1.21. The monoisotopic (exact) mass is 717 g/mol. The van der Waals surface area contributed by atoms with Gasteiger partial charge in [-0.3, -0.25) is 4.79 Å². The number of ether oxygens (including phenoxy) is 6. The predicted octanol–water partition coefficient (Wildman–Crippen LogP) is -5.32. The zero-order valence-corrected chi connectivity index (χ0v) is 27.7. The van der Waals surface area contributed by atoms with E-state index in [0.29, 0.717) is 12.8 Å². The van der Waals surface area contributed by atoms with Gasteiger partial charge in [0, 0.05) is 6.92 Å². The molecular weight excluding hydrogens is 662 g/mol. The molecule has 0 radical (unpaired) electrons. The summed E-state index contributed by atoms with van der Waals surface area (Å²) < 4.78 is 33.3. The molecule has 0 aromatic heterocycles. The highest BCUT2D eigenvalue weighted by atomic mass is 16.8. The Morgan fingerprint density at radius 2 is 1.12 bits per heavy atom. The van der Waals surface area contributed by atoms with Gasteiger partial charge in [0.1, 0.15) is 73.2 Å². The average Bonchev–Trinajstić information content (AvgIpc) is 3.08. The molecule has 3 rings (SSSR count). The normalized spacial score (nSPS) is 41.3. The van der Waals surface area contributed by atoms with Crippen LogP contribution in [-0.4, -0.2) is 193 Å². The van der Waals surface area contributed by atoms with E-state index in [1.807, 2.05) is 0 Å². The number of amides is 1. The molecule has 49 heavy (non-hydrogen) atoms. The van der Waals surface area contributed by atoms with Crippen LogP contribution in [0, 0.1) is 0 Å². The van der Waals surface area contributed by atoms with Gasteiger partial charge in [-0.15, -0.1) is 0 Å². The highest BCUT2D eigenvalue weighted by Gasteiger charge is 2.53. The molecule has 3 aliphatic heterocycles. The fraction of sp³-hybridized carbons (Fsp3) is 0.967. The van der Waals surface area contributed by atoms with E-state index in [0.717, 1.165) is 25.7 Å². The van der Waals surface area contributed by atoms with E-state index in [1.165, 1.54) is 6.92 Å². The van der Waals surface area contributed by atoms with E-state index in [-0.39, 0.29) is 6.61 Å². The summed E-state index contributed by atoms with van der Waals surface area (Å²) in [5, 5.41) is 117. The number of unbranched alkanes of at least 4 members (excludes halogenated alkanes) is 4. The molecule has 1 amide bonds. The molecule has 17 atom stereocenters. The number of aliphatic hydroxyl groups excluding tert-OH is 11. The maximum absolute atomic E-state index is 11.8. The molecule has 0 aromatic rings. The van der Waals surface area contributed by atoms with Gasteiger partial charge < -0.3 is 89.9 Å². The van der Waals surface area contributed by atoms with E-state index in [1.54, 1.807) is 0 Å². The number of carbonyl (C=O) groups is 1. The third-order valence-electron chi connectivity index (χ3n) is 8.97. The highest BCUT2D eigenvalue weighted by molar-refractivity contribution is 5.73. The van der Waals surface area contributed by atoms with Crippen LogP contribution in [0.2, 0.25) is 0 Å². The molecule has 0 bridgehead atoms. The van der Waals surface area contributed by atoms with Crippen LogP contribution in [-0.2, 0) is 33.2 Å². The van der Waals surface area contributed by atoms with Gasteiger partial charge in [0.05, 0.1) is 38.6 Å². The second kappa shape index (κ2) is 20.1. The minimum Gasteiger partial charge on any atom is -0.394 e. The van der Waals surface area contributed by atoms with E-state index < -0.39 is 130 Å². The smallest absolute Gasteiger partial charge is 0.217 e. The van der Waals surface area contributed by atoms with Crippen molar-refractivity contribution in [2.24, 2.45) is 0 Å². The van der Waals surface area contributed by atoms with Gasteiger partial charge in [0.15, 0.2) is 18.9 Å². The van der Waals surface area contributed by atoms with Crippen molar-refractivity contribution in [3.05, 3.63) is 0 Å². The Bertz CT molecular complexity index is 962. The molecule has 19 heteroatoms. The first-order valence-corrected chi connectivity index (χ1v) is 16.7. The summed E-state index contributed by atoms with van der Waals surface area (Å²) in [5.41, 5.74) is 0. The van der Waals surface area contributed by atoms with Crippen LogP contribution in [0.25, 0.3) is 0 Å². The Kier molecular flexibility index (Phi) is 17.3. The molecule has 288 valence electrons. The zero-order chi connectivity index (χ0) is 36.4. The van der Waals surface area contributed by atoms with E-state index >= 15 is 0 Å². The second-order valence-corrected chi connectivity index (χ2v) is 12.7. The Labute approximate surface area is 283 Å². The molecule has 0 spiro atoms. The molecule has 17 unspecified atom stereocenters. The maximum Gasteiger partial charge on any atom is 0.217 e. The van der Waals surface area contributed by atoms with Crippen LogP contribution < -0.4 is 5.32 Å². The third kappa shape index (κ3) is 10.9. The Morgan fingerprint density at radius 3 is 1.63 bits per heavy atom. The molecular formula is C30H55NO18. The molecule has 3 fully saturated rings. The number of hydrogen-bond donors (Lipinski definition) is 12. The second-order valence-electron chi connectivity index (χ2n) is 12.7. The number of nitrogens with one attached hydrogen (secondary N) is 1. The lowest BCUT2D eigenvalue weighted by atomic mass is 9.96. The lowest BCUT2D eigenvalue weighted by Gasteiger charge is -2.48. The number of rotatable bonds is 18. The third-order valence-corrected chi connectivity index (χ3v) is 8.97. The number of carbonyl (C=O) groups excluding carboxylic acids is 1. The van der Waals surface area contributed by atoms with Crippen LogP contribution in [0.3, 0.4) is 0 Å². The lowest BCUT2D eigenvalue weighted by Crippen LogP contribution is -2.66. The van der Waals surface area contributed by atoms with Crippen molar-refractivity contribution in [3.8, 4) is 0 Å². The lowest BCUT2D eigenvalue weighted by molar-refractivity contribution is -0.379. The summed E-state index contributed by atoms with van der Waals surface area (Å²) in [6.45, 7) is 0.631. The first-order chi connectivity index (χ1) is 23.3. The Balaban J connectivity index is 1.63. The van der Waals surface area contributed by atoms with Crippen molar-refractivity contribution in [2.45, 2.75) is 157 Å². The van der Waals surface area contributed by atoms with E-state index in [2.05, 4.69) is 12.2 Å². The Morgan fingerprint density at radius 1 is 0.653 bits per heavy atom. The molecule has 3 saturated heterocycles. The first kappa shape index (κ1) is 42.2. The first-order valence-electron chi connectivity index (χ1n) is 16.7. The van der Waals surface area contributed by atoms with Gasteiger partial charge >= 0.3 is 0 Å². The largest absolute Gasteiger partial charge is 0.394 e. The van der Waals surface area contributed by atoms with Crippen molar-refractivity contribution >= 4 is 5.91 Å². The molecule has 19 nitrogen and oxygen atoms in total. The predicted molar refractivity (Wildman–Crippen MR) is 162 cm³/mol. The summed E-state index contributed by atoms with van der Waals surface area (Å²) in [5.74, 6) is -0.430. The molecule has 12 N–H and O–H groups in total. The standard InChI is InChI=1S/C30H55NO18/c1-3-4-5-6-7-8-15(36)14(31-13(2)35)12-44-28-24(42)21(39)26(17(10-33)46-28)49-30-25(43)22(40)27(18(11-34)47-30)48-29-23(41)20(38)19(37)16(9-32)45-29/h14-30,32-34,36-43H,3-12H2,1-2H3,(H,31,35). The quantitative estimate of drug-likeness (QED) is 0.0589. The zero-order valence-electron chi connectivity index (χ0n) is 27.7. The van der Waals surface area contributed by atoms with Crippen molar-refractivity contribution in [2.75, 3.05) is 26.4 Å². The summed E-state index contributed by atoms with van der Waals surface area (Å²) in [7, 11) is 0. The molecule has 3 heterocycles. The minimum atomic E-state index is -1.96. The van der Waals surface area contributed by atoms with Gasteiger partial charge in [-0.05, 0) is 6.42 Å².